The van der Waals surface area contributed by atoms with Gasteiger partial charge in [-0.2, -0.15) is 0 Å². The predicted molar refractivity (Wildman–Crippen MR) is 108 cm³/mol. The maximum Gasteiger partial charge on any atom is 0.322 e. The molecule has 0 radical (unpaired) electrons. The summed E-state index contributed by atoms with van der Waals surface area (Å²) in [7, 11) is 0. The van der Waals surface area contributed by atoms with E-state index in [1.54, 1.807) is 11.1 Å². The number of nitrogens with zero attached hydrogens (tertiary/aromatic N) is 3. The first-order chi connectivity index (χ1) is 13.6. The predicted octanol–water partition coefficient (Wildman–Crippen LogP) is 3.66. The van der Waals surface area contributed by atoms with Crippen molar-refractivity contribution in [3.8, 4) is 0 Å². The van der Waals surface area contributed by atoms with Gasteiger partial charge in [0.2, 0.25) is 5.91 Å². The number of rotatable bonds is 3. The van der Waals surface area contributed by atoms with Crippen molar-refractivity contribution in [2.75, 3.05) is 18.4 Å². The van der Waals surface area contributed by atoms with Crippen LogP contribution in [-0.2, 0) is 17.9 Å². The van der Waals surface area contributed by atoms with Gasteiger partial charge in [0.1, 0.15) is 0 Å². The van der Waals surface area contributed by atoms with Crippen LogP contribution in [0, 0.1) is 0 Å². The van der Waals surface area contributed by atoms with Crippen LogP contribution in [0.4, 0.5) is 10.5 Å². The molecule has 2 aliphatic heterocycles. The maximum absolute atomic E-state index is 12.5. The van der Waals surface area contributed by atoms with Crippen molar-refractivity contribution in [2.45, 2.75) is 32.9 Å². The van der Waals surface area contributed by atoms with Gasteiger partial charge in [-0.25, -0.2) is 4.79 Å². The second-order valence-electron chi connectivity index (χ2n) is 7.18. The Morgan fingerprint density at radius 1 is 1.07 bits per heavy atom. The fourth-order valence-electron chi connectivity index (χ4n) is 3.71. The van der Waals surface area contributed by atoms with Crippen LogP contribution in [-0.4, -0.2) is 39.8 Å². The van der Waals surface area contributed by atoms with E-state index >= 15 is 0 Å². The molecule has 6 nitrogen and oxygen atoms in total. The van der Waals surface area contributed by atoms with Crippen LogP contribution in [0.15, 0.2) is 48.8 Å². The van der Waals surface area contributed by atoms with Crippen LogP contribution in [0.2, 0.25) is 0 Å². The highest BCUT2D eigenvalue weighted by Crippen LogP contribution is 2.25. The van der Waals surface area contributed by atoms with Gasteiger partial charge in [-0.1, -0.05) is 25.1 Å². The number of fused-ring (bicyclic) bond motifs is 1. The van der Waals surface area contributed by atoms with Gasteiger partial charge in [0, 0.05) is 50.7 Å². The van der Waals surface area contributed by atoms with E-state index in [4.69, 9.17) is 0 Å². The largest absolute Gasteiger partial charge is 0.339 e. The molecule has 0 unspecified atom stereocenters. The molecule has 2 aromatic rings. The van der Waals surface area contributed by atoms with Gasteiger partial charge in [-0.3, -0.25) is 9.78 Å². The lowest BCUT2D eigenvalue weighted by Gasteiger charge is -2.26. The minimum Gasteiger partial charge on any atom is -0.339 e. The van der Waals surface area contributed by atoms with Crippen molar-refractivity contribution >= 4 is 23.2 Å². The summed E-state index contributed by atoms with van der Waals surface area (Å²) in [6.45, 7) is 4.53. The Morgan fingerprint density at radius 3 is 2.54 bits per heavy atom. The lowest BCUT2D eigenvalue weighted by Crippen LogP contribution is -2.34. The Balaban J connectivity index is 1.36. The van der Waals surface area contributed by atoms with Crippen molar-refractivity contribution in [3.63, 3.8) is 0 Å². The number of anilines is 1. The molecule has 4 rings (SSSR count). The minimum atomic E-state index is -0.102. The first-order valence-corrected chi connectivity index (χ1v) is 9.69. The Kier molecular flexibility index (Phi) is 5.10. The average molecular weight is 376 g/mol. The molecule has 144 valence electrons. The zero-order chi connectivity index (χ0) is 19.5. The van der Waals surface area contributed by atoms with E-state index in [2.05, 4.69) is 16.4 Å². The van der Waals surface area contributed by atoms with Crippen LogP contribution in [0.3, 0.4) is 0 Å². The number of amides is 3. The molecule has 6 heteroatoms. The molecule has 3 amide bonds. The zero-order valence-corrected chi connectivity index (χ0v) is 16.0. The highest BCUT2D eigenvalue weighted by molar-refractivity contribution is 5.90. The fourth-order valence-corrected chi connectivity index (χ4v) is 3.71. The fraction of sp³-hybridized carbons (Fsp3) is 0.318. The molecule has 1 aromatic heterocycles. The van der Waals surface area contributed by atoms with E-state index in [1.165, 1.54) is 5.57 Å². The first-order valence-electron chi connectivity index (χ1n) is 9.69. The monoisotopic (exact) mass is 376 g/mol. The molecule has 0 saturated heterocycles. The van der Waals surface area contributed by atoms with Gasteiger partial charge in [0.25, 0.3) is 0 Å². The third kappa shape index (κ3) is 3.76. The number of benzene rings is 1. The number of carbonyl (C=O) groups is 2. The van der Waals surface area contributed by atoms with Crippen LogP contribution >= 0.6 is 0 Å². The van der Waals surface area contributed by atoms with Gasteiger partial charge in [-0.05, 0) is 46.9 Å². The quantitative estimate of drug-likeness (QED) is 0.889. The van der Waals surface area contributed by atoms with E-state index in [-0.39, 0.29) is 11.9 Å². The SMILES string of the molecule is CCC(=O)N1CC=C(c2ccc(NC(=O)N3Cc4ccncc4C3)cc2)CC1. The van der Waals surface area contributed by atoms with E-state index in [1.807, 2.05) is 48.4 Å². The third-order valence-corrected chi connectivity index (χ3v) is 5.39. The van der Waals surface area contributed by atoms with Gasteiger partial charge in [0.15, 0.2) is 0 Å². The third-order valence-electron chi connectivity index (χ3n) is 5.39. The van der Waals surface area contributed by atoms with E-state index in [0.717, 1.165) is 35.3 Å². The van der Waals surface area contributed by atoms with E-state index in [0.29, 0.717) is 26.1 Å². The van der Waals surface area contributed by atoms with E-state index in [9.17, 15) is 9.59 Å². The van der Waals surface area contributed by atoms with Crippen molar-refractivity contribution < 1.29 is 9.59 Å². The summed E-state index contributed by atoms with van der Waals surface area (Å²) in [5.74, 6) is 0.202. The molecule has 3 heterocycles. The molecule has 28 heavy (non-hydrogen) atoms. The zero-order valence-electron chi connectivity index (χ0n) is 16.0. The second-order valence-corrected chi connectivity index (χ2v) is 7.18. The number of nitrogens with one attached hydrogen (secondary N) is 1. The Labute approximate surface area is 164 Å². The highest BCUT2D eigenvalue weighted by Gasteiger charge is 2.23. The van der Waals surface area contributed by atoms with Crippen molar-refractivity contribution in [3.05, 3.63) is 65.5 Å². The molecule has 0 saturated carbocycles. The summed E-state index contributed by atoms with van der Waals surface area (Å²) in [5.41, 5.74) is 5.43. The smallest absolute Gasteiger partial charge is 0.322 e. The summed E-state index contributed by atoms with van der Waals surface area (Å²) < 4.78 is 0. The van der Waals surface area contributed by atoms with Crippen LogP contribution in [0.25, 0.3) is 5.57 Å². The topological polar surface area (TPSA) is 65.5 Å². The number of hydrogen-bond donors (Lipinski definition) is 1. The summed E-state index contributed by atoms with van der Waals surface area (Å²) in [4.78, 5) is 32.1. The summed E-state index contributed by atoms with van der Waals surface area (Å²) in [6, 6.07) is 9.78. The number of hydrogen-bond acceptors (Lipinski definition) is 3. The summed E-state index contributed by atoms with van der Waals surface area (Å²) in [6.07, 6.45) is 7.12. The van der Waals surface area contributed by atoms with Crippen LogP contribution in [0.5, 0.6) is 0 Å². The number of urea groups is 1. The number of pyridine rings is 1. The number of carbonyl (C=O) groups excluding carboxylic acids is 2. The molecule has 0 fully saturated rings. The molecule has 1 N–H and O–H groups in total. The standard InChI is InChI=1S/C22H24N4O2/c1-2-21(27)25-11-8-17(9-12-25)16-3-5-20(6-4-16)24-22(28)26-14-18-7-10-23-13-19(18)15-26/h3-8,10,13H,2,9,11-12,14-15H2,1H3,(H,24,28). The van der Waals surface area contributed by atoms with E-state index < -0.39 is 0 Å². The molecular formula is C22H24N4O2. The van der Waals surface area contributed by atoms with Crippen molar-refractivity contribution in [1.29, 1.82) is 0 Å². The van der Waals surface area contributed by atoms with Crippen molar-refractivity contribution in [2.24, 2.45) is 0 Å². The normalized spacial score (nSPS) is 15.8. The minimum absolute atomic E-state index is 0.102. The van der Waals surface area contributed by atoms with Gasteiger partial charge in [0.05, 0.1) is 0 Å². The lowest BCUT2D eigenvalue weighted by atomic mass is 9.99. The van der Waals surface area contributed by atoms with Gasteiger partial charge in [-0.15, -0.1) is 0 Å². The first kappa shape index (κ1) is 18.2. The van der Waals surface area contributed by atoms with Crippen LogP contribution < -0.4 is 5.32 Å². The second kappa shape index (κ2) is 7.84. The van der Waals surface area contributed by atoms with Gasteiger partial charge >= 0.3 is 6.03 Å². The van der Waals surface area contributed by atoms with Crippen molar-refractivity contribution in [1.82, 2.24) is 14.8 Å². The van der Waals surface area contributed by atoms with Gasteiger partial charge < -0.3 is 15.1 Å². The Bertz CT molecular complexity index is 895. The molecule has 1 aromatic carbocycles. The maximum atomic E-state index is 12.5. The average Bonchev–Trinajstić information content (AvgIpc) is 3.18. The summed E-state index contributed by atoms with van der Waals surface area (Å²) >= 11 is 0. The molecule has 0 bridgehead atoms. The Morgan fingerprint density at radius 2 is 1.86 bits per heavy atom. The molecule has 0 atom stereocenters. The Hall–Kier alpha value is -3.15. The highest BCUT2D eigenvalue weighted by atomic mass is 16.2. The molecular weight excluding hydrogens is 352 g/mol. The van der Waals surface area contributed by atoms with Crippen LogP contribution in [0.1, 0.15) is 36.5 Å². The lowest BCUT2D eigenvalue weighted by molar-refractivity contribution is -0.130. The molecule has 0 spiro atoms. The molecule has 0 aliphatic carbocycles. The number of aromatic nitrogens is 1. The molecule has 2 aliphatic rings. The summed E-state index contributed by atoms with van der Waals surface area (Å²) in [5, 5.41) is 2.97.